The number of furan rings is 3. The van der Waals surface area contributed by atoms with E-state index in [0.29, 0.717) is 23.1 Å². The Balaban J connectivity index is 1.13. The van der Waals surface area contributed by atoms with Gasteiger partial charge in [0.1, 0.15) is 33.5 Å². The zero-order chi connectivity index (χ0) is 33.5. The van der Waals surface area contributed by atoms with Crippen LogP contribution < -0.4 is 0 Å². The van der Waals surface area contributed by atoms with Crippen molar-refractivity contribution in [2.45, 2.75) is 0 Å². The molecule has 0 saturated carbocycles. The molecule has 0 aliphatic heterocycles. The van der Waals surface area contributed by atoms with Crippen LogP contribution in [0.2, 0.25) is 0 Å². The van der Waals surface area contributed by atoms with Crippen molar-refractivity contribution in [1.82, 2.24) is 15.0 Å². The van der Waals surface area contributed by atoms with Gasteiger partial charge in [-0.3, -0.25) is 0 Å². The number of fused-ring (bicyclic) bond motifs is 9. The van der Waals surface area contributed by atoms with E-state index < -0.39 is 0 Å². The molecule has 7 aromatic carbocycles. The fraction of sp³-hybridized carbons (Fsp3) is 0. The topological polar surface area (TPSA) is 78.1 Å². The zero-order valence-corrected chi connectivity index (χ0v) is 27.0. The van der Waals surface area contributed by atoms with Crippen LogP contribution in [0.25, 0.3) is 111 Å². The van der Waals surface area contributed by atoms with Crippen LogP contribution in [0.3, 0.4) is 0 Å². The number of hydrogen-bond acceptors (Lipinski definition) is 6. The maximum Gasteiger partial charge on any atom is 0.167 e. The third kappa shape index (κ3) is 4.26. The van der Waals surface area contributed by atoms with E-state index in [0.717, 1.165) is 88.0 Å². The molecule has 0 bridgehead atoms. The standard InChI is InChI=1S/C45H25N3O3/c1-2-11-26(12-3-1)43-46-44(35-19-9-16-32-30-14-5-7-22-38(30)50-41(32)35)48-45(47-43)36-20-10-18-34-33-17-8-15-28(40(33)51-42(34)36)27-23-24-31-29-13-4-6-21-37(29)49-39(31)25-27/h1-25H. The van der Waals surface area contributed by atoms with Crippen molar-refractivity contribution >= 4 is 65.8 Å². The lowest BCUT2D eigenvalue weighted by Crippen LogP contribution is -2.00. The summed E-state index contributed by atoms with van der Waals surface area (Å²) in [5.41, 5.74) is 9.23. The molecule has 4 heterocycles. The summed E-state index contributed by atoms with van der Waals surface area (Å²) < 4.78 is 19.5. The van der Waals surface area contributed by atoms with E-state index in [-0.39, 0.29) is 0 Å². The van der Waals surface area contributed by atoms with Crippen LogP contribution in [-0.2, 0) is 0 Å². The quantitative estimate of drug-likeness (QED) is 0.188. The van der Waals surface area contributed by atoms with Gasteiger partial charge in [-0.25, -0.2) is 15.0 Å². The van der Waals surface area contributed by atoms with Crippen molar-refractivity contribution in [2.75, 3.05) is 0 Å². The highest BCUT2D eigenvalue weighted by Gasteiger charge is 2.21. The molecule has 0 spiro atoms. The van der Waals surface area contributed by atoms with Gasteiger partial charge in [0, 0.05) is 43.4 Å². The molecule has 0 fully saturated rings. The first-order chi connectivity index (χ1) is 25.3. The Morgan fingerprint density at radius 2 is 0.784 bits per heavy atom. The van der Waals surface area contributed by atoms with Gasteiger partial charge in [0.15, 0.2) is 17.5 Å². The predicted molar refractivity (Wildman–Crippen MR) is 203 cm³/mol. The molecule has 6 heteroatoms. The fourth-order valence-corrected chi connectivity index (χ4v) is 7.37. The molecule has 11 rings (SSSR count). The first-order valence-corrected chi connectivity index (χ1v) is 16.9. The molecule has 0 atom stereocenters. The summed E-state index contributed by atoms with van der Waals surface area (Å²) in [6.45, 7) is 0. The summed E-state index contributed by atoms with van der Waals surface area (Å²) in [6.07, 6.45) is 0. The third-order valence-corrected chi connectivity index (χ3v) is 9.77. The molecule has 238 valence electrons. The van der Waals surface area contributed by atoms with Crippen molar-refractivity contribution in [1.29, 1.82) is 0 Å². The van der Waals surface area contributed by atoms with Crippen LogP contribution in [0, 0.1) is 0 Å². The summed E-state index contributed by atoms with van der Waals surface area (Å²) >= 11 is 0. The molecule has 0 radical (unpaired) electrons. The molecule has 0 aliphatic rings. The maximum absolute atomic E-state index is 6.85. The molecule has 0 saturated heterocycles. The van der Waals surface area contributed by atoms with Gasteiger partial charge in [-0.05, 0) is 42.0 Å². The largest absolute Gasteiger partial charge is 0.456 e. The third-order valence-electron chi connectivity index (χ3n) is 9.77. The number of rotatable bonds is 4. The summed E-state index contributed by atoms with van der Waals surface area (Å²) in [4.78, 5) is 15.2. The van der Waals surface area contributed by atoms with Crippen LogP contribution in [0.15, 0.2) is 165 Å². The average Bonchev–Trinajstić information content (AvgIpc) is 3.89. The normalized spacial score (nSPS) is 11.9. The van der Waals surface area contributed by atoms with Crippen LogP contribution in [-0.4, -0.2) is 15.0 Å². The highest BCUT2D eigenvalue weighted by molar-refractivity contribution is 6.14. The van der Waals surface area contributed by atoms with Crippen molar-refractivity contribution in [3.05, 3.63) is 152 Å². The van der Waals surface area contributed by atoms with Gasteiger partial charge < -0.3 is 13.3 Å². The molecule has 0 unspecified atom stereocenters. The minimum absolute atomic E-state index is 0.516. The van der Waals surface area contributed by atoms with Crippen molar-refractivity contribution in [3.63, 3.8) is 0 Å². The Kier molecular flexibility index (Phi) is 5.86. The van der Waals surface area contributed by atoms with Gasteiger partial charge in [0.25, 0.3) is 0 Å². The minimum Gasteiger partial charge on any atom is -0.456 e. The minimum atomic E-state index is 0.516. The van der Waals surface area contributed by atoms with Gasteiger partial charge in [-0.1, -0.05) is 115 Å². The zero-order valence-electron chi connectivity index (χ0n) is 27.0. The van der Waals surface area contributed by atoms with Crippen LogP contribution in [0.1, 0.15) is 0 Å². The van der Waals surface area contributed by atoms with E-state index in [4.69, 9.17) is 28.2 Å². The molecular formula is C45H25N3O3. The molecular weight excluding hydrogens is 631 g/mol. The Morgan fingerprint density at radius 1 is 0.294 bits per heavy atom. The highest BCUT2D eigenvalue weighted by atomic mass is 16.3. The molecule has 51 heavy (non-hydrogen) atoms. The Labute approximate surface area is 290 Å². The van der Waals surface area contributed by atoms with Crippen LogP contribution in [0.4, 0.5) is 0 Å². The second-order valence-electron chi connectivity index (χ2n) is 12.7. The van der Waals surface area contributed by atoms with E-state index >= 15 is 0 Å². The predicted octanol–water partition coefficient (Wildman–Crippen LogP) is 12.2. The van der Waals surface area contributed by atoms with Gasteiger partial charge in [-0.2, -0.15) is 0 Å². The lowest BCUT2D eigenvalue weighted by atomic mass is 10.0. The van der Waals surface area contributed by atoms with E-state index in [1.165, 1.54) is 0 Å². The smallest absolute Gasteiger partial charge is 0.167 e. The Hall–Kier alpha value is -7.05. The lowest BCUT2D eigenvalue weighted by molar-refractivity contribution is 0.668. The van der Waals surface area contributed by atoms with Crippen LogP contribution in [0.5, 0.6) is 0 Å². The first-order valence-electron chi connectivity index (χ1n) is 16.9. The second kappa shape index (κ2) is 10.7. The number of nitrogens with zero attached hydrogens (tertiary/aromatic N) is 3. The van der Waals surface area contributed by atoms with E-state index in [9.17, 15) is 0 Å². The Bertz CT molecular complexity index is 3150. The molecule has 0 amide bonds. The number of aromatic nitrogens is 3. The van der Waals surface area contributed by atoms with Crippen LogP contribution >= 0.6 is 0 Å². The monoisotopic (exact) mass is 655 g/mol. The van der Waals surface area contributed by atoms with Gasteiger partial charge in [0.05, 0.1) is 11.1 Å². The number of hydrogen-bond donors (Lipinski definition) is 0. The maximum atomic E-state index is 6.85. The van der Waals surface area contributed by atoms with Gasteiger partial charge >= 0.3 is 0 Å². The first kappa shape index (κ1) is 27.9. The second-order valence-corrected chi connectivity index (χ2v) is 12.7. The summed E-state index contributed by atoms with van der Waals surface area (Å²) in [6, 6.07) is 51.0. The van der Waals surface area contributed by atoms with Gasteiger partial charge in [0.2, 0.25) is 0 Å². The summed E-state index contributed by atoms with van der Waals surface area (Å²) in [5.74, 6) is 1.61. The van der Waals surface area contributed by atoms with E-state index in [2.05, 4.69) is 60.7 Å². The summed E-state index contributed by atoms with van der Waals surface area (Å²) in [5, 5.41) is 6.25. The molecule has 4 aromatic heterocycles. The number of para-hydroxylation sites is 5. The fourth-order valence-electron chi connectivity index (χ4n) is 7.37. The molecule has 11 aromatic rings. The SMILES string of the molecule is c1ccc(-c2nc(-c3cccc4c3oc3ccccc34)nc(-c3cccc4c3oc3c(-c5ccc6c(c5)oc5ccccc56)cccc34)n2)cc1. The molecule has 0 aliphatic carbocycles. The van der Waals surface area contributed by atoms with E-state index in [1.807, 2.05) is 91.0 Å². The van der Waals surface area contributed by atoms with Crippen molar-refractivity contribution in [2.24, 2.45) is 0 Å². The van der Waals surface area contributed by atoms with Crippen molar-refractivity contribution in [3.8, 4) is 45.3 Å². The number of benzene rings is 7. The summed E-state index contributed by atoms with van der Waals surface area (Å²) in [7, 11) is 0. The lowest BCUT2D eigenvalue weighted by Gasteiger charge is -2.09. The van der Waals surface area contributed by atoms with Crippen molar-refractivity contribution < 1.29 is 13.3 Å². The molecule has 6 nitrogen and oxygen atoms in total. The molecule has 0 N–H and O–H groups in total. The highest BCUT2D eigenvalue weighted by Crippen LogP contribution is 2.42. The average molecular weight is 656 g/mol. The van der Waals surface area contributed by atoms with E-state index in [1.54, 1.807) is 0 Å². The Morgan fingerprint density at radius 3 is 1.49 bits per heavy atom. The van der Waals surface area contributed by atoms with Gasteiger partial charge in [-0.15, -0.1) is 0 Å².